The van der Waals surface area contributed by atoms with E-state index < -0.39 is 0 Å². The molecule has 30 heavy (non-hydrogen) atoms. The Labute approximate surface area is 184 Å². The van der Waals surface area contributed by atoms with E-state index in [1.807, 2.05) is 34.7 Å². The Morgan fingerprint density at radius 3 is 2.57 bits per heavy atom. The Kier molecular flexibility index (Phi) is 6.59. The highest BCUT2D eigenvalue weighted by Crippen LogP contribution is 2.22. The topological polar surface area (TPSA) is 63.5 Å². The number of methoxy groups -OCH3 is 1. The third kappa shape index (κ3) is 4.79. The number of carbonyl (C=O) groups is 1. The molecule has 0 N–H and O–H groups in total. The zero-order chi connectivity index (χ0) is 20.9. The highest BCUT2D eigenvalue weighted by atomic mass is 32.2. The summed E-state index contributed by atoms with van der Waals surface area (Å²) in [5, 5.41) is 11.4. The first-order valence-corrected chi connectivity index (χ1v) is 11.7. The molecule has 7 nitrogen and oxygen atoms in total. The molecule has 0 bridgehead atoms. The van der Waals surface area contributed by atoms with Gasteiger partial charge in [0.25, 0.3) is 0 Å². The van der Waals surface area contributed by atoms with Crippen LogP contribution in [0.4, 0.5) is 5.69 Å². The lowest BCUT2D eigenvalue weighted by Crippen LogP contribution is -2.49. The van der Waals surface area contributed by atoms with Crippen molar-refractivity contribution >= 4 is 34.7 Å². The summed E-state index contributed by atoms with van der Waals surface area (Å²) in [7, 11) is 3.63. The van der Waals surface area contributed by atoms with E-state index >= 15 is 0 Å². The number of thiophene rings is 1. The van der Waals surface area contributed by atoms with Gasteiger partial charge in [-0.2, -0.15) is 0 Å². The van der Waals surface area contributed by atoms with Gasteiger partial charge < -0.3 is 19.1 Å². The number of aromatic nitrogens is 3. The maximum absolute atomic E-state index is 12.7. The van der Waals surface area contributed by atoms with Crippen LogP contribution in [0, 0.1) is 0 Å². The van der Waals surface area contributed by atoms with Crippen LogP contribution in [-0.4, -0.2) is 64.6 Å². The van der Waals surface area contributed by atoms with E-state index in [0.29, 0.717) is 5.75 Å². The summed E-state index contributed by atoms with van der Waals surface area (Å²) in [6.07, 6.45) is 0.767. The monoisotopic (exact) mass is 443 g/mol. The molecule has 1 aliphatic heterocycles. The Morgan fingerprint density at radius 2 is 1.90 bits per heavy atom. The number of rotatable bonds is 7. The maximum atomic E-state index is 12.7. The van der Waals surface area contributed by atoms with E-state index in [0.717, 1.165) is 55.0 Å². The number of amides is 1. The average Bonchev–Trinajstić information content (AvgIpc) is 3.43. The first-order valence-electron chi connectivity index (χ1n) is 9.84. The van der Waals surface area contributed by atoms with Crippen molar-refractivity contribution < 1.29 is 9.53 Å². The van der Waals surface area contributed by atoms with Crippen molar-refractivity contribution in [3.05, 3.63) is 52.5 Å². The van der Waals surface area contributed by atoms with Crippen LogP contribution < -0.4 is 9.64 Å². The molecule has 0 aliphatic carbocycles. The SMILES string of the molecule is COc1ccc(N2CCN(C(=O)CSc3nnc(Cc4cccs4)n3C)CC2)cc1. The van der Waals surface area contributed by atoms with E-state index in [1.54, 1.807) is 18.4 Å². The van der Waals surface area contributed by atoms with Crippen molar-refractivity contribution in [2.24, 2.45) is 7.05 Å². The van der Waals surface area contributed by atoms with Crippen molar-refractivity contribution in [3.8, 4) is 5.75 Å². The largest absolute Gasteiger partial charge is 0.497 e. The van der Waals surface area contributed by atoms with E-state index in [2.05, 4.69) is 38.7 Å². The van der Waals surface area contributed by atoms with Crippen molar-refractivity contribution in [1.29, 1.82) is 0 Å². The molecule has 2 aromatic heterocycles. The zero-order valence-corrected chi connectivity index (χ0v) is 18.8. The molecule has 1 aromatic carbocycles. The molecule has 1 amide bonds. The molecule has 1 saturated heterocycles. The van der Waals surface area contributed by atoms with Gasteiger partial charge in [0.15, 0.2) is 5.16 Å². The summed E-state index contributed by atoms with van der Waals surface area (Å²) in [5.41, 5.74) is 1.16. The van der Waals surface area contributed by atoms with Crippen LogP contribution in [0.15, 0.2) is 46.9 Å². The molecule has 1 aliphatic rings. The van der Waals surface area contributed by atoms with Gasteiger partial charge in [-0.15, -0.1) is 21.5 Å². The molecule has 3 aromatic rings. The predicted octanol–water partition coefficient (Wildman–Crippen LogP) is 2.92. The predicted molar refractivity (Wildman–Crippen MR) is 121 cm³/mol. The Bertz CT molecular complexity index is 964. The fraction of sp³-hybridized carbons (Fsp3) is 0.381. The van der Waals surface area contributed by atoms with Crippen LogP contribution >= 0.6 is 23.1 Å². The summed E-state index contributed by atoms with van der Waals surface area (Å²) in [4.78, 5) is 18.2. The zero-order valence-electron chi connectivity index (χ0n) is 17.2. The Morgan fingerprint density at radius 1 is 1.13 bits per heavy atom. The molecule has 0 saturated carbocycles. The summed E-state index contributed by atoms with van der Waals surface area (Å²) >= 11 is 3.17. The molecule has 0 atom stereocenters. The summed E-state index contributed by atoms with van der Waals surface area (Å²) in [6, 6.07) is 12.2. The molecule has 0 radical (unpaired) electrons. The van der Waals surface area contributed by atoms with E-state index in [-0.39, 0.29) is 5.91 Å². The van der Waals surface area contributed by atoms with Crippen LogP contribution in [0.25, 0.3) is 0 Å². The van der Waals surface area contributed by atoms with Gasteiger partial charge in [0.1, 0.15) is 11.6 Å². The molecule has 0 spiro atoms. The van der Waals surface area contributed by atoms with Gasteiger partial charge in [-0.05, 0) is 35.7 Å². The van der Waals surface area contributed by atoms with Gasteiger partial charge in [0.05, 0.1) is 12.9 Å². The third-order valence-corrected chi connectivity index (χ3v) is 7.11. The van der Waals surface area contributed by atoms with Gasteiger partial charge >= 0.3 is 0 Å². The number of ether oxygens (including phenoxy) is 1. The average molecular weight is 444 g/mol. The van der Waals surface area contributed by atoms with Crippen LogP contribution in [0.2, 0.25) is 0 Å². The first-order chi connectivity index (χ1) is 14.6. The number of anilines is 1. The van der Waals surface area contributed by atoms with Gasteiger partial charge in [-0.1, -0.05) is 17.8 Å². The number of hydrogen-bond acceptors (Lipinski definition) is 7. The minimum Gasteiger partial charge on any atom is -0.497 e. The summed E-state index contributed by atoms with van der Waals surface area (Å²) < 4.78 is 7.21. The lowest BCUT2D eigenvalue weighted by atomic mass is 10.2. The molecular formula is C21H25N5O2S2. The fourth-order valence-corrected chi connectivity index (χ4v) is 4.95. The van der Waals surface area contributed by atoms with Gasteiger partial charge in [-0.25, -0.2) is 0 Å². The number of thioether (sulfide) groups is 1. The lowest BCUT2D eigenvalue weighted by molar-refractivity contribution is -0.128. The molecular weight excluding hydrogens is 418 g/mol. The van der Waals surface area contributed by atoms with Crippen molar-refractivity contribution in [2.45, 2.75) is 11.6 Å². The van der Waals surface area contributed by atoms with Gasteiger partial charge in [0.2, 0.25) is 5.91 Å². The van der Waals surface area contributed by atoms with Crippen LogP contribution in [0.5, 0.6) is 5.75 Å². The number of hydrogen-bond donors (Lipinski definition) is 0. The fourth-order valence-electron chi connectivity index (χ4n) is 3.42. The quantitative estimate of drug-likeness (QED) is 0.523. The minimum absolute atomic E-state index is 0.150. The molecule has 0 unspecified atom stereocenters. The second kappa shape index (κ2) is 9.53. The summed E-state index contributed by atoms with van der Waals surface area (Å²) in [6.45, 7) is 3.12. The van der Waals surface area contributed by atoms with E-state index in [4.69, 9.17) is 4.74 Å². The second-order valence-electron chi connectivity index (χ2n) is 7.07. The normalized spacial score (nSPS) is 14.2. The van der Waals surface area contributed by atoms with Gasteiger partial charge in [-0.3, -0.25) is 4.79 Å². The molecule has 9 heteroatoms. The molecule has 3 heterocycles. The molecule has 4 rings (SSSR count). The Balaban J connectivity index is 1.26. The van der Waals surface area contributed by atoms with E-state index in [1.165, 1.54) is 16.6 Å². The first kappa shape index (κ1) is 20.7. The van der Waals surface area contributed by atoms with Crippen molar-refractivity contribution in [2.75, 3.05) is 43.9 Å². The van der Waals surface area contributed by atoms with Crippen LogP contribution in [0.1, 0.15) is 10.7 Å². The number of carbonyl (C=O) groups excluding carboxylic acids is 1. The third-order valence-electron chi connectivity index (χ3n) is 5.23. The smallest absolute Gasteiger partial charge is 0.233 e. The van der Waals surface area contributed by atoms with Crippen molar-refractivity contribution in [1.82, 2.24) is 19.7 Å². The van der Waals surface area contributed by atoms with Gasteiger partial charge in [0, 0.05) is 50.2 Å². The summed E-state index contributed by atoms with van der Waals surface area (Å²) in [5.74, 6) is 2.30. The van der Waals surface area contributed by atoms with Crippen LogP contribution in [0.3, 0.4) is 0 Å². The minimum atomic E-state index is 0.150. The highest BCUT2D eigenvalue weighted by molar-refractivity contribution is 7.99. The number of piperazine rings is 1. The molecule has 1 fully saturated rings. The van der Waals surface area contributed by atoms with Crippen molar-refractivity contribution in [3.63, 3.8) is 0 Å². The highest BCUT2D eigenvalue weighted by Gasteiger charge is 2.22. The number of nitrogens with zero attached hydrogens (tertiary/aromatic N) is 5. The molecule has 158 valence electrons. The van der Waals surface area contributed by atoms with Crippen LogP contribution in [-0.2, 0) is 18.3 Å². The maximum Gasteiger partial charge on any atom is 0.233 e. The standard InChI is InChI=1S/C21H25N5O2S2/c1-24-19(14-18-4-3-13-29-18)22-23-21(24)30-15-20(27)26-11-9-25(10-12-26)16-5-7-17(28-2)8-6-16/h3-8,13H,9-12,14-15H2,1-2H3. The number of benzene rings is 1. The van der Waals surface area contributed by atoms with E-state index in [9.17, 15) is 4.79 Å². The second-order valence-corrected chi connectivity index (χ2v) is 9.04. The lowest BCUT2D eigenvalue weighted by Gasteiger charge is -2.36. The Hall–Kier alpha value is -2.52.